The van der Waals surface area contributed by atoms with E-state index in [-0.39, 0.29) is 24.3 Å². The van der Waals surface area contributed by atoms with Gasteiger partial charge in [0.1, 0.15) is 15.8 Å². The molecule has 0 spiro atoms. The van der Waals surface area contributed by atoms with E-state index in [1.165, 1.54) is 11.3 Å². The number of thiophene rings is 1. The van der Waals surface area contributed by atoms with Crippen molar-refractivity contribution in [2.45, 2.75) is 45.8 Å². The SMILES string of the molecule is Cc1noc(CCC(=O)N2CCO[C@@H](c3c(C(=O)NC(C)C)sc4ncccc34)C2)n1. The maximum absolute atomic E-state index is 12.9. The molecular weight excluding hydrogens is 418 g/mol. The molecule has 0 saturated carbocycles. The predicted octanol–water partition coefficient (Wildman–Crippen LogP) is 2.66. The first kappa shape index (κ1) is 21.4. The zero-order valence-corrected chi connectivity index (χ0v) is 18.6. The summed E-state index contributed by atoms with van der Waals surface area (Å²) in [7, 11) is 0. The van der Waals surface area contributed by atoms with E-state index < -0.39 is 6.10 Å². The zero-order chi connectivity index (χ0) is 22.0. The van der Waals surface area contributed by atoms with Gasteiger partial charge < -0.3 is 19.5 Å². The van der Waals surface area contributed by atoms with Crippen molar-refractivity contribution in [1.29, 1.82) is 0 Å². The Hall–Kier alpha value is -2.85. The molecule has 4 heterocycles. The van der Waals surface area contributed by atoms with Gasteiger partial charge in [0.25, 0.3) is 5.91 Å². The van der Waals surface area contributed by atoms with Crippen LogP contribution in [0.25, 0.3) is 10.2 Å². The number of pyridine rings is 1. The summed E-state index contributed by atoms with van der Waals surface area (Å²) < 4.78 is 11.1. The zero-order valence-electron chi connectivity index (χ0n) is 17.8. The lowest BCUT2D eigenvalue weighted by Gasteiger charge is -2.33. The second-order valence-corrected chi connectivity index (χ2v) is 8.76. The van der Waals surface area contributed by atoms with Crippen molar-refractivity contribution in [2.75, 3.05) is 19.7 Å². The molecule has 3 aromatic heterocycles. The molecule has 0 unspecified atom stereocenters. The van der Waals surface area contributed by atoms with Crippen molar-refractivity contribution in [1.82, 2.24) is 25.3 Å². The Bertz CT molecular complexity index is 1090. The average molecular weight is 444 g/mol. The van der Waals surface area contributed by atoms with Gasteiger partial charge in [-0.3, -0.25) is 9.59 Å². The number of nitrogens with one attached hydrogen (secondary N) is 1. The van der Waals surface area contributed by atoms with Crippen LogP contribution in [0.1, 0.15) is 53.3 Å². The van der Waals surface area contributed by atoms with Crippen LogP contribution in [0, 0.1) is 6.92 Å². The third-order valence-electron chi connectivity index (χ3n) is 4.99. The molecule has 1 N–H and O–H groups in total. The van der Waals surface area contributed by atoms with E-state index >= 15 is 0 Å². The summed E-state index contributed by atoms with van der Waals surface area (Å²) in [6.45, 7) is 6.88. The first-order valence-electron chi connectivity index (χ1n) is 10.3. The van der Waals surface area contributed by atoms with Crippen LogP contribution < -0.4 is 5.32 Å². The van der Waals surface area contributed by atoms with Crippen LogP contribution in [0.3, 0.4) is 0 Å². The van der Waals surface area contributed by atoms with Crippen molar-refractivity contribution in [3.8, 4) is 0 Å². The third-order valence-corrected chi connectivity index (χ3v) is 6.12. The first-order chi connectivity index (χ1) is 14.9. The largest absolute Gasteiger partial charge is 0.370 e. The van der Waals surface area contributed by atoms with E-state index in [2.05, 4.69) is 20.4 Å². The molecule has 164 valence electrons. The van der Waals surface area contributed by atoms with Crippen molar-refractivity contribution in [3.05, 3.63) is 40.5 Å². The number of hydrogen-bond acceptors (Lipinski definition) is 8. The van der Waals surface area contributed by atoms with Gasteiger partial charge in [-0.05, 0) is 26.8 Å². The second kappa shape index (κ2) is 9.11. The first-order valence-corrected chi connectivity index (χ1v) is 11.1. The van der Waals surface area contributed by atoms with Gasteiger partial charge in [-0.1, -0.05) is 11.2 Å². The highest BCUT2D eigenvalue weighted by atomic mass is 32.1. The van der Waals surface area contributed by atoms with Crippen molar-refractivity contribution < 1.29 is 18.8 Å². The van der Waals surface area contributed by atoms with Gasteiger partial charge in [-0.25, -0.2) is 4.98 Å². The summed E-state index contributed by atoms with van der Waals surface area (Å²) in [5.74, 6) is 0.860. The Morgan fingerprint density at radius 3 is 2.97 bits per heavy atom. The average Bonchev–Trinajstić information content (AvgIpc) is 3.35. The van der Waals surface area contributed by atoms with Crippen molar-refractivity contribution >= 4 is 33.4 Å². The normalized spacial score (nSPS) is 16.8. The lowest BCUT2D eigenvalue weighted by molar-refractivity contribution is -0.139. The van der Waals surface area contributed by atoms with Gasteiger partial charge in [0.05, 0.1) is 13.2 Å². The van der Waals surface area contributed by atoms with Crippen LogP contribution >= 0.6 is 11.3 Å². The molecule has 2 amide bonds. The lowest BCUT2D eigenvalue weighted by atomic mass is 10.0. The Morgan fingerprint density at radius 2 is 2.23 bits per heavy atom. The molecule has 0 aliphatic carbocycles. The highest BCUT2D eigenvalue weighted by Gasteiger charge is 2.32. The number of aryl methyl sites for hydroxylation is 2. The molecule has 1 saturated heterocycles. The number of hydrogen-bond donors (Lipinski definition) is 1. The van der Waals surface area contributed by atoms with E-state index in [4.69, 9.17) is 9.26 Å². The quantitative estimate of drug-likeness (QED) is 0.623. The van der Waals surface area contributed by atoms with Gasteiger partial charge in [0.15, 0.2) is 5.82 Å². The van der Waals surface area contributed by atoms with Gasteiger partial charge in [0, 0.05) is 42.6 Å². The fourth-order valence-electron chi connectivity index (χ4n) is 3.63. The predicted molar refractivity (Wildman–Crippen MR) is 115 cm³/mol. The van der Waals surface area contributed by atoms with Crippen LogP contribution in [0.2, 0.25) is 0 Å². The summed E-state index contributed by atoms with van der Waals surface area (Å²) in [4.78, 5) is 37.4. The molecule has 4 rings (SSSR count). The lowest BCUT2D eigenvalue weighted by Crippen LogP contribution is -2.42. The van der Waals surface area contributed by atoms with Crippen LogP contribution in [0.15, 0.2) is 22.9 Å². The van der Waals surface area contributed by atoms with Crippen LogP contribution in [-0.4, -0.2) is 57.6 Å². The summed E-state index contributed by atoms with van der Waals surface area (Å²) in [6.07, 6.45) is 1.99. The second-order valence-electron chi connectivity index (χ2n) is 7.76. The molecule has 3 aromatic rings. The van der Waals surface area contributed by atoms with E-state index in [1.807, 2.05) is 26.0 Å². The highest BCUT2D eigenvalue weighted by molar-refractivity contribution is 7.20. The van der Waals surface area contributed by atoms with Crippen molar-refractivity contribution in [3.63, 3.8) is 0 Å². The van der Waals surface area contributed by atoms with Crippen LogP contribution in [-0.2, 0) is 16.0 Å². The number of fused-ring (bicyclic) bond motifs is 1. The van der Waals surface area contributed by atoms with Gasteiger partial charge in [-0.2, -0.15) is 4.98 Å². The molecule has 9 nitrogen and oxygen atoms in total. The van der Waals surface area contributed by atoms with E-state index in [9.17, 15) is 9.59 Å². The minimum absolute atomic E-state index is 0.00463. The Labute approximate surface area is 183 Å². The number of ether oxygens (including phenoxy) is 1. The standard InChI is InChI=1S/C21H25N5O4S/c1-12(2)23-20(28)19-18(14-5-4-8-22-21(14)31-19)15-11-26(9-10-29-15)17(27)7-6-16-24-13(3)25-30-16/h4-5,8,12,15H,6-7,9-11H2,1-3H3,(H,23,28)/t15-/m1/s1. The van der Waals surface area contributed by atoms with Gasteiger partial charge in [0.2, 0.25) is 11.8 Å². The smallest absolute Gasteiger partial charge is 0.262 e. The summed E-state index contributed by atoms with van der Waals surface area (Å²) in [6, 6.07) is 3.81. The molecule has 0 bridgehead atoms. The number of morpholine rings is 1. The molecule has 10 heteroatoms. The number of nitrogens with zero attached hydrogens (tertiary/aromatic N) is 4. The maximum Gasteiger partial charge on any atom is 0.262 e. The molecular formula is C21H25N5O4S. The molecule has 0 aromatic carbocycles. The van der Waals surface area contributed by atoms with Gasteiger partial charge >= 0.3 is 0 Å². The van der Waals surface area contributed by atoms with Crippen molar-refractivity contribution in [2.24, 2.45) is 0 Å². The Kier molecular flexibility index (Phi) is 6.28. The molecule has 1 atom stereocenters. The highest BCUT2D eigenvalue weighted by Crippen LogP contribution is 2.37. The number of amides is 2. The maximum atomic E-state index is 12.9. The van der Waals surface area contributed by atoms with Crippen LogP contribution in [0.5, 0.6) is 0 Å². The van der Waals surface area contributed by atoms with Gasteiger partial charge in [-0.15, -0.1) is 11.3 Å². The fraction of sp³-hybridized carbons (Fsp3) is 0.476. The molecule has 1 aliphatic heterocycles. The fourth-order valence-corrected chi connectivity index (χ4v) is 4.73. The minimum Gasteiger partial charge on any atom is -0.370 e. The minimum atomic E-state index is -0.394. The molecule has 31 heavy (non-hydrogen) atoms. The molecule has 1 fully saturated rings. The number of carbonyl (C=O) groups excluding carboxylic acids is 2. The number of carbonyl (C=O) groups is 2. The number of aromatic nitrogens is 3. The Morgan fingerprint density at radius 1 is 1.39 bits per heavy atom. The number of rotatable bonds is 6. The van der Waals surface area contributed by atoms with E-state index in [1.54, 1.807) is 18.0 Å². The molecule has 1 aliphatic rings. The van der Waals surface area contributed by atoms with E-state index in [0.717, 1.165) is 15.8 Å². The summed E-state index contributed by atoms with van der Waals surface area (Å²) in [5, 5.41) is 7.60. The van der Waals surface area contributed by atoms with Crippen LogP contribution in [0.4, 0.5) is 0 Å². The van der Waals surface area contributed by atoms with E-state index in [0.29, 0.717) is 42.7 Å². The molecule has 0 radical (unpaired) electrons. The Balaban J connectivity index is 1.54. The topological polar surface area (TPSA) is 110 Å². The third kappa shape index (κ3) is 4.75. The monoisotopic (exact) mass is 443 g/mol. The summed E-state index contributed by atoms with van der Waals surface area (Å²) in [5.41, 5.74) is 0.802. The summed E-state index contributed by atoms with van der Waals surface area (Å²) >= 11 is 1.35.